The summed E-state index contributed by atoms with van der Waals surface area (Å²) in [6, 6.07) is 7.56. The van der Waals surface area contributed by atoms with Crippen LogP contribution in [0.2, 0.25) is 0 Å². The van der Waals surface area contributed by atoms with Crippen molar-refractivity contribution < 1.29 is 14.3 Å². The molecule has 144 valence electrons. The summed E-state index contributed by atoms with van der Waals surface area (Å²) in [4.78, 5) is 25.9. The van der Waals surface area contributed by atoms with Gasteiger partial charge in [-0.1, -0.05) is 19.9 Å². The van der Waals surface area contributed by atoms with Crippen LogP contribution in [0, 0.1) is 5.92 Å². The molecule has 0 saturated carbocycles. The van der Waals surface area contributed by atoms with E-state index in [-0.39, 0.29) is 24.3 Å². The Balaban J connectivity index is 1.75. The molecule has 4 N–H and O–H groups in total. The highest BCUT2D eigenvalue weighted by molar-refractivity contribution is 5.87. The van der Waals surface area contributed by atoms with Crippen LogP contribution in [-0.4, -0.2) is 55.5 Å². The first-order chi connectivity index (χ1) is 12.4. The van der Waals surface area contributed by atoms with E-state index in [9.17, 15) is 9.59 Å². The molecule has 1 aliphatic rings. The van der Waals surface area contributed by atoms with Crippen molar-refractivity contribution in [1.29, 1.82) is 0 Å². The Morgan fingerprint density at radius 2 is 2.00 bits per heavy atom. The summed E-state index contributed by atoms with van der Waals surface area (Å²) in [7, 11) is 1.65. The molecule has 26 heavy (non-hydrogen) atoms. The zero-order valence-corrected chi connectivity index (χ0v) is 15.8. The second-order valence-electron chi connectivity index (χ2n) is 7.02. The van der Waals surface area contributed by atoms with Crippen LogP contribution >= 0.6 is 0 Å². The van der Waals surface area contributed by atoms with Gasteiger partial charge in [-0.05, 0) is 30.9 Å². The number of likely N-dealkylation sites (tertiary alicyclic amines) is 1. The Morgan fingerprint density at radius 1 is 1.31 bits per heavy atom. The Labute approximate surface area is 155 Å². The number of benzene rings is 1. The first-order valence-electron chi connectivity index (χ1n) is 9.12. The number of amides is 2. The third-order valence-corrected chi connectivity index (χ3v) is 4.72. The molecule has 7 heteroatoms. The van der Waals surface area contributed by atoms with Crippen molar-refractivity contribution in [2.24, 2.45) is 11.7 Å². The molecule has 0 unspecified atom stereocenters. The van der Waals surface area contributed by atoms with Crippen molar-refractivity contribution in [3.05, 3.63) is 24.3 Å². The van der Waals surface area contributed by atoms with Gasteiger partial charge in [-0.15, -0.1) is 0 Å². The number of methoxy groups -OCH3 is 1. The molecule has 1 atom stereocenters. The number of anilines is 1. The molecule has 0 aromatic heterocycles. The van der Waals surface area contributed by atoms with Crippen molar-refractivity contribution in [1.82, 2.24) is 10.2 Å². The number of carbonyl (C=O) groups excluding carboxylic acids is 2. The van der Waals surface area contributed by atoms with E-state index in [1.165, 1.54) is 0 Å². The summed E-state index contributed by atoms with van der Waals surface area (Å²) >= 11 is 0. The Morgan fingerprint density at radius 3 is 2.62 bits per heavy atom. The molecule has 0 bridgehead atoms. The van der Waals surface area contributed by atoms with E-state index in [0.29, 0.717) is 19.1 Å². The van der Waals surface area contributed by atoms with Gasteiger partial charge in [0, 0.05) is 30.9 Å². The lowest BCUT2D eigenvalue weighted by molar-refractivity contribution is -0.134. The van der Waals surface area contributed by atoms with Gasteiger partial charge in [0.2, 0.25) is 11.8 Å². The van der Waals surface area contributed by atoms with E-state index < -0.39 is 6.04 Å². The van der Waals surface area contributed by atoms with Gasteiger partial charge in [0.15, 0.2) is 0 Å². The average molecular weight is 362 g/mol. The first kappa shape index (κ1) is 20.0. The lowest BCUT2D eigenvalue weighted by Gasteiger charge is -2.33. The molecule has 1 aromatic carbocycles. The predicted octanol–water partition coefficient (Wildman–Crippen LogP) is 1.20. The number of hydrogen-bond acceptors (Lipinski definition) is 5. The highest BCUT2D eigenvalue weighted by Crippen LogP contribution is 2.20. The highest BCUT2D eigenvalue weighted by atomic mass is 16.5. The van der Waals surface area contributed by atoms with Crippen LogP contribution in [0.25, 0.3) is 0 Å². The zero-order valence-electron chi connectivity index (χ0n) is 15.8. The number of piperidine rings is 1. The monoisotopic (exact) mass is 362 g/mol. The molecule has 0 aliphatic carbocycles. The second-order valence-corrected chi connectivity index (χ2v) is 7.02. The number of hydrogen-bond donors (Lipinski definition) is 3. The van der Waals surface area contributed by atoms with Crippen LogP contribution in [0.3, 0.4) is 0 Å². The van der Waals surface area contributed by atoms with Gasteiger partial charge in [0.05, 0.1) is 19.7 Å². The van der Waals surface area contributed by atoms with Crippen molar-refractivity contribution >= 4 is 17.5 Å². The fraction of sp³-hybridized carbons (Fsp3) is 0.579. The highest BCUT2D eigenvalue weighted by Gasteiger charge is 2.24. The summed E-state index contributed by atoms with van der Waals surface area (Å²) in [6.07, 6.45) is 1.73. The topological polar surface area (TPSA) is 96.7 Å². The molecule has 1 aliphatic heterocycles. The van der Waals surface area contributed by atoms with E-state index in [4.69, 9.17) is 10.5 Å². The van der Waals surface area contributed by atoms with E-state index >= 15 is 0 Å². The summed E-state index contributed by atoms with van der Waals surface area (Å²) < 4.78 is 5.23. The molecule has 2 rings (SSSR count). The smallest absolute Gasteiger partial charge is 0.241 e. The number of ether oxygens (including phenoxy) is 1. The summed E-state index contributed by atoms with van der Waals surface area (Å²) in [5.41, 5.74) is 6.80. The fourth-order valence-electron chi connectivity index (χ4n) is 2.92. The predicted molar refractivity (Wildman–Crippen MR) is 102 cm³/mol. The maximum absolute atomic E-state index is 12.3. The molecule has 1 heterocycles. The van der Waals surface area contributed by atoms with Crippen LogP contribution in [0.15, 0.2) is 24.3 Å². The number of nitrogens with two attached hydrogens (primary N) is 1. The van der Waals surface area contributed by atoms with Crippen LogP contribution in [-0.2, 0) is 9.59 Å². The minimum atomic E-state index is -0.583. The molecule has 1 saturated heterocycles. The number of nitrogens with one attached hydrogen (secondary N) is 2. The van der Waals surface area contributed by atoms with Crippen LogP contribution < -0.4 is 21.1 Å². The summed E-state index contributed by atoms with van der Waals surface area (Å²) in [5.74, 6) is 0.526. The quantitative estimate of drug-likeness (QED) is 0.677. The second kappa shape index (κ2) is 9.43. The SMILES string of the molecule is COc1cccc(NC2CCN(C(=O)CNC(=O)[C@@H](N)C(C)C)CC2)c1. The molecule has 1 aromatic rings. The normalized spacial score (nSPS) is 16.3. The van der Waals surface area contributed by atoms with Crippen LogP contribution in [0.5, 0.6) is 5.75 Å². The first-order valence-corrected chi connectivity index (χ1v) is 9.12. The largest absolute Gasteiger partial charge is 0.497 e. The maximum Gasteiger partial charge on any atom is 0.241 e. The van der Waals surface area contributed by atoms with Crippen LogP contribution in [0.1, 0.15) is 26.7 Å². The van der Waals surface area contributed by atoms with Crippen molar-refractivity contribution in [3.63, 3.8) is 0 Å². The Bertz CT molecular complexity index is 613. The maximum atomic E-state index is 12.3. The number of carbonyl (C=O) groups is 2. The third-order valence-electron chi connectivity index (χ3n) is 4.72. The number of nitrogens with zero attached hydrogens (tertiary/aromatic N) is 1. The molecular weight excluding hydrogens is 332 g/mol. The fourth-order valence-corrected chi connectivity index (χ4v) is 2.92. The standard InChI is InChI=1S/C19H30N4O3/c1-13(2)18(20)19(25)21-12-17(24)23-9-7-14(8-10-23)22-15-5-4-6-16(11-15)26-3/h4-6,11,13-14,18,22H,7-10,12,20H2,1-3H3,(H,21,25)/t18-/m0/s1. The van der Waals surface area contributed by atoms with Gasteiger partial charge in [-0.2, -0.15) is 0 Å². The minimum absolute atomic E-state index is 0.00718. The van der Waals surface area contributed by atoms with Crippen molar-refractivity contribution in [3.8, 4) is 5.75 Å². The Hall–Kier alpha value is -2.28. The third kappa shape index (κ3) is 5.62. The lowest BCUT2D eigenvalue weighted by Crippen LogP contribution is -2.50. The van der Waals surface area contributed by atoms with E-state index in [1.54, 1.807) is 12.0 Å². The van der Waals surface area contributed by atoms with Gasteiger partial charge in [-0.25, -0.2) is 0 Å². The van der Waals surface area contributed by atoms with Crippen LogP contribution in [0.4, 0.5) is 5.69 Å². The summed E-state index contributed by atoms with van der Waals surface area (Å²) in [5, 5.41) is 6.13. The van der Waals surface area contributed by atoms with E-state index in [2.05, 4.69) is 10.6 Å². The van der Waals surface area contributed by atoms with E-state index in [0.717, 1.165) is 24.3 Å². The van der Waals surface area contributed by atoms with Gasteiger partial charge < -0.3 is 26.0 Å². The van der Waals surface area contributed by atoms with Gasteiger partial charge in [-0.3, -0.25) is 9.59 Å². The molecule has 0 radical (unpaired) electrons. The number of rotatable bonds is 7. The summed E-state index contributed by atoms with van der Waals surface area (Å²) in [6.45, 7) is 5.12. The van der Waals surface area contributed by atoms with Crippen molar-refractivity contribution in [2.45, 2.75) is 38.8 Å². The molecule has 2 amide bonds. The lowest BCUT2D eigenvalue weighted by atomic mass is 10.0. The van der Waals surface area contributed by atoms with Gasteiger partial charge in [0.25, 0.3) is 0 Å². The van der Waals surface area contributed by atoms with Gasteiger partial charge in [0.1, 0.15) is 5.75 Å². The minimum Gasteiger partial charge on any atom is -0.497 e. The van der Waals surface area contributed by atoms with Gasteiger partial charge >= 0.3 is 0 Å². The zero-order chi connectivity index (χ0) is 19.1. The molecule has 1 fully saturated rings. The molecule has 7 nitrogen and oxygen atoms in total. The van der Waals surface area contributed by atoms with E-state index in [1.807, 2.05) is 38.1 Å². The van der Waals surface area contributed by atoms with Crippen molar-refractivity contribution in [2.75, 3.05) is 32.1 Å². The Kier molecular flexibility index (Phi) is 7.26. The molecular formula is C19H30N4O3. The average Bonchev–Trinajstić information content (AvgIpc) is 2.65. The molecule has 0 spiro atoms.